The number of hydrogen-bond donors (Lipinski definition) is 0. The molecule has 21 heavy (non-hydrogen) atoms. The molecule has 0 radical (unpaired) electrons. The number of fused-ring (bicyclic) bond motifs is 1. The number of benzene rings is 1. The molecule has 114 valence electrons. The smallest absolute Gasteiger partial charge is 0.159 e. The number of likely N-dealkylation sites (tertiary alicyclic amines) is 1. The van der Waals surface area contributed by atoms with Gasteiger partial charge in [0, 0.05) is 24.7 Å². The Hall–Kier alpha value is -1.42. The molecule has 0 aromatic heterocycles. The fourth-order valence-electron chi connectivity index (χ4n) is 3.85. The van der Waals surface area contributed by atoms with E-state index in [4.69, 9.17) is 0 Å². The summed E-state index contributed by atoms with van der Waals surface area (Å²) in [5.41, 5.74) is 1.09. The number of hydrogen-bond acceptors (Lipinski definition) is 3. The van der Waals surface area contributed by atoms with Gasteiger partial charge in [0.1, 0.15) is 5.82 Å². The van der Waals surface area contributed by atoms with Crippen LogP contribution in [0.4, 0.5) is 10.1 Å². The Bertz CT molecular complexity index is 546. The monoisotopic (exact) mass is 290 g/mol. The first kappa shape index (κ1) is 14.5. The third-order valence-electron chi connectivity index (χ3n) is 5.04. The lowest BCUT2D eigenvalue weighted by molar-refractivity contribution is 0.101. The summed E-state index contributed by atoms with van der Waals surface area (Å²) in [4.78, 5) is 15.9. The lowest BCUT2D eigenvalue weighted by atomic mass is 9.84. The Morgan fingerprint density at radius 2 is 2.10 bits per heavy atom. The highest BCUT2D eigenvalue weighted by atomic mass is 19.1. The molecule has 3 nitrogen and oxygen atoms in total. The van der Waals surface area contributed by atoms with E-state index in [-0.39, 0.29) is 11.6 Å². The van der Waals surface area contributed by atoms with Gasteiger partial charge in [0.15, 0.2) is 5.78 Å². The van der Waals surface area contributed by atoms with Gasteiger partial charge < -0.3 is 9.80 Å². The molecule has 2 aliphatic heterocycles. The van der Waals surface area contributed by atoms with Crippen LogP contribution >= 0.6 is 0 Å². The first-order valence-corrected chi connectivity index (χ1v) is 7.82. The quantitative estimate of drug-likeness (QED) is 0.782. The molecule has 1 aromatic carbocycles. The van der Waals surface area contributed by atoms with Gasteiger partial charge in [0.25, 0.3) is 0 Å². The average molecular weight is 290 g/mol. The number of ketones is 1. The summed E-state index contributed by atoms with van der Waals surface area (Å²) in [7, 11) is 2.20. The standard InChI is InChI=1S/C17H23FN2O/c1-12(21)13-5-6-17(15(18)10-13)20-9-7-16-14(11-20)4-3-8-19(16)2/h5-6,10,14,16H,3-4,7-9,11H2,1-2H3. The number of anilines is 1. The molecular formula is C17H23FN2O. The first-order chi connectivity index (χ1) is 10.1. The second-order valence-electron chi connectivity index (χ2n) is 6.41. The Morgan fingerprint density at radius 3 is 2.81 bits per heavy atom. The fraction of sp³-hybridized carbons (Fsp3) is 0.588. The van der Waals surface area contributed by atoms with Gasteiger partial charge >= 0.3 is 0 Å². The van der Waals surface area contributed by atoms with Crippen LogP contribution in [0.5, 0.6) is 0 Å². The van der Waals surface area contributed by atoms with Gasteiger partial charge in [0.05, 0.1) is 5.69 Å². The lowest BCUT2D eigenvalue weighted by Crippen LogP contribution is -2.52. The van der Waals surface area contributed by atoms with Crippen molar-refractivity contribution in [1.29, 1.82) is 0 Å². The number of Topliss-reactive ketones (excluding diaryl/α,β-unsaturated/α-hetero) is 1. The fourth-order valence-corrected chi connectivity index (χ4v) is 3.85. The first-order valence-electron chi connectivity index (χ1n) is 7.82. The predicted octanol–water partition coefficient (Wildman–Crippen LogP) is 2.95. The molecule has 2 saturated heterocycles. The molecule has 3 rings (SSSR count). The highest BCUT2D eigenvalue weighted by Crippen LogP contribution is 2.33. The third-order valence-corrected chi connectivity index (χ3v) is 5.04. The van der Waals surface area contributed by atoms with Crippen molar-refractivity contribution in [2.45, 2.75) is 32.2 Å². The van der Waals surface area contributed by atoms with Gasteiger partial charge in [-0.15, -0.1) is 0 Å². The molecule has 2 heterocycles. The summed E-state index contributed by atoms with van der Waals surface area (Å²) in [5, 5.41) is 0. The van der Waals surface area contributed by atoms with Gasteiger partial charge in [0.2, 0.25) is 0 Å². The third kappa shape index (κ3) is 2.82. The van der Waals surface area contributed by atoms with Gasteiger partial charge in [-0.3, -0.25) is 4.79 Å². The van der Waals surface area contributed by atoms with E-state index < -0.39 is 0 Å². The summed E-state index contributed by atoms with van der Waals surface area (Å²) in [6, 6.07) is 5.52. The SMILES string of the molecule is CC(=O)c1ccc(N2CCC3C(CCCN3C)C2)c(F)c1. The second-order valence-corrected chi connectivity index (χ2v) is 6.41. The highest BCUT2D eigenvalue weighted by Gasteiger charge is 2.34. The van der Waals surface area contributed by atoms with Crippen molar-refractivity contribution in [3.63, 3.8) is 0 Å². The van der Waals surface area contributed by atoms with Crippen molar-refractivity contribution in [1.82, 2.24) is 4.90 Å². The average Bonchev–Trinajstić information content (AvgIpc) is 2.47. The van der Waals surface area contributed by atoms with Gasteiger partial charge in [-0.1, -0.05) is 0 Å². The number of nitrogens with zero attached hydrogens (tertiary/aromatic N) is 2. The second kappa shape index (κ2) is 5.76. The maximum absolute atomic E-state index is 14.3. The number of carbonyl (C=O) groups is 1. The van der Waals surface area contributed by atoms with Crippen LogP contribution in [0.15, 0.2) is 18.2 Å². The van der Waals surface area contributed by atoms with E-state index in [0.717, 1.165) is 19.5 Å². The summed E-state index contributed by atoms with van der Waals surface area (Å²) in [6.45, 7) is 4.47. The Balaban J connectivity index is 1.78. The highest BCUT2D eigenvalue weighted by molar-refractivity contribution is 5.94. The van der Waals surface area contributed by atoms with Crippen LogP contribution in [0.25, 0.3) is 0 Å². The molecule has 0 spiro atoms. The van der Waals surface area contributed by atoms with E-state index in [1.807, 2.05) is 0 Å². The van der Waals surface area contributed by atoms with Crippen molar-refractivity contribution in [3.8, 4) is 0 Å². The minimum atomic E-state index is -0.273. The van der Waals surface area contributed by atoms with Crippen LogP contribution in [0, 0.1) is 11.7 Å². The van der Waals surface area contributed by atoms with Crippen molar-refractivity contribution in [2.24, 2.45) is 5.92 Å². The van der Waals surface area contributed by atoms with Crippen LogP contribution in [0.3, 0.4) is 0 Å². The normalized spacial score (nSPS) is 26.5. The molecule has 0 aliphatic carbocycles. The molecule has 1 aromatic rings. The zero-order valence-corrected chi connectivity index (χ0v) is 12.8. The molecular weight excluding hydrogens is 267 g/mol. The van der Waals surface area contributed by atoms with E-state index in [2.05, 4.69) is 16.8 Å². The molecule has 2 aliphatic rings. The summed E-state index contributed by atoms with van der Waals surface area (Å²) in [6.07, 6.45) is 3.56. The van der Waals surface area contributed by atoms with E-state index in [1.165, 1.54) is 32.4 Å². The Kier molecular flexibility index (Phi) is 3.98. The van der Waals surface area contributed by atoms with E-state index >= 15 is 0 Å². The predicted molar refractivity (Wildman–Crippen MR) is 82.4 cm³/mol. The summed E-state index contributed by atoms with van der Waals surface area (Å²) >= 11 is 0. The minimum Gasteiger partial charge on any atom is -0.369 e. The van der Waals surface area contributed by atoms with Gasteiger partial charge in [-0.2, -0.15) is 0 Å². The molecule has 4 heteroatoms. The number of rotatable bonds is 2. The number of carbonyl (C=O) groups excluding carboxylic acids is 1. The maximum Gasteiger partial charge on any atom is 0.159 e. The Morgan fingerprint density at radius 1 is 1.29 bits per heavy atom. The largest absolute Gasteiger partial charge is 0.369 e. The summed E-state index contributed by atoms with van der Waals surface area (Å²) < 4.78 is 14.3. The van der Waals surface area contributed by atoms with Crippen LogP contribution in [-0.2, 0) is 0 Å². The molecule has 0 bridgehead atoms. The molecule has 2 atom stereocenters. The van der Waals surface area contributed by atoms with Crippen LogP contribution in [0.1, 0.15) is 36.5 Å². The van der Waals surface area contributed by atoms with E-state index in [0.29, 0.717) is 23.2 Å². The van der Waals surface area contributed by atoms with E-state index in [9.17, 15) is 9.18 Å². The number of piperidine rings is 2. The zero-order chi connectivity index (χ0) is 15.0. The van der Waals surface area contributed by atoms with Gasteiger partial charge in [-0.25, -0.2) is 4.39 Å². The van der Waals surface area contributed by atoms with Crippen molar-refractivity contribution >= 4 is 11.5 Å². The number of halogens is 1. The minimum absolute atomic E-state index is 0.0898. The molecule has 0 N–H and O–H groups in total. The lowest BCUT2D eigenvalue weighted by Gasteiger charge is -2.46. The molecule has 2 fully saturated rings. The summed E-state index contributed by atoms with van der Waals surface area (Å²) in [5.74, 6) is 0.266. The van der Waals surface area contributed by atoms with Crippen molar-refractivity contribution < 1.29 is 9.18 Å². The maximum atomic E-state index is 14.3. The van der Waals surface area contributed by atoms with Crippen LogP contribution < -0.4 is 4.90 Å². The van der Waals surface area contributed by atoms with Gasteiger partial charge in [-0.05, 0) is 63.9 Å². The van der Waals surface area contributed by atoms with Crippen molar-refractivity contribution in [2.75, 3.05) is 31.6 Å². The van der Waals surface area contributed by atoms with Crippen LogP contribution in [0.2, 0.25) is 0 Å². The topological polar surface area (TPSA) is 23.6 Å². The zero-order valence-electron chi connectivity index (χ0n) is 12.8. The van der Waals surface area contributed by atoms with E-state index in [1.54, 1.807) is 12.1 Å². The van der Waals surface area contributed by atoms with Crippen molar-refractivity contribution in [3.05, 3.63) is 29.6 Å². The molecule has 0 amide bonds. The molecule has 2 unspecified atom stereocenters. The van der Waals surface area contributed by atoms with Crippen LogP contribution in [-0.4, -0.2) is 43.4 Å². The molecule has 0 saturated carbocycles. The Labute approximate surface area is 125 Å².